The van der Waals surface area contributed by atoms with E-state index in [4.69, 9.17) is 4.74 Å². The average molecular weight is 405 g/mol. The Balaban J connectivity index is 1.40. The molecule has 0 amide bonds. The number of hydrogen-bond acceptors (Lipinski definition) is 1. The van der Waals surface area contributed by atoms with Crippen LogP contribution in [-0.4, -0.2) is 6.61 Å². The second-order valence-electron chi connectivity index (χ2n) is 9.06. The van der Waals surface area contributed by atoms with Crippen molar-refractivity contribution in [3.8, 4) is 0 Å². The Morgan fingerprint density at radius 3 is 2.03 bits per heavy atom. The molecule has 1 aliphatic carbocycles. The topological polar surface area (TPSA) is 9.23 Å². The fraction of sp³-hybridized carbons (Fsp3) is 0.517. The highest BCUT2D eigenvalue weighted by Crippen LogP contribution is 2.37. The highest BCUT2D eigenvalue weighted by molar-refractivity contribution is 5.28. The van der Waals surface area contributed by atoms with Crippen LogP contribution in [-0.2, 0) is 24.2 Å². The smallest absolute Gasteiger partial charge is 0.0716 e. The summed E-state index contributed by atoms with van der Waals surface area (Å²) < 4.78 is 5.77. The molecule has 2 aromatic rings. The lowest BCUT2D eigenvalue weighted by atomic mass is 9.77. The van der Waals surface area contributed by atoms with Gasteiger partial charge in [0.2, 0.25) is 0 Å². The van der Waals surface area contributed by atoms with Crippen LogP contribution in [0, 0.1) is 5.92 Å². The summed E-state index contributed by atoms with van der Waals surface area (Å²) in [6, 6.07) is 18.4. The van der Waals surface area contributed by atoms with E-state index >= 15 is 0 Å². The number of unbranched alkanes of at least 4 members (excludes halogenated alkanes) is 2. The molecule has 0 aromatic heterocycles. The Morgan fingerprint density at radius 1 is 0.833 bits per heavy atom. The molecule has 0 unspecified atom stereocenters. The fourth-order valence-corrected chi connectivity index (χ4v) is 4.66. The van der Waals surface area contributed by atoms with Gasteiger partial charge in [-0.1, -0.05) is 74.4 Å². The first-order chi connectivity index (χ1) is 14.8. The van der Waals surface area contributed by atoms with Gasteiger partial charge < -0.3 is 4.74 Å². The molecule has 1 fully saturated rings. The summed E-state index contributed by atoms with van der Waals surface area (Å²) in [5.41, 5.74) is 5.68. The van der Waals surface area contributed by atoms with Crippen LogP contribution >= 0.6 is 0 Å². The van der Waals surface area contributed by atoms with Crippen molar-refractivity contribution in [2.24, 2.45) is 5.92 Å². The molecule has 0 radical (unpaired) electrons. The van der Waals surface area contributed by atoms with E-state index in [1.54, 1.807) is 5.56 Å². The van der Waals surface area contributed by atoms with Crippen molar-refractivity contribution in [1.29, 1.82) is 0 Å². The first-order valence-corrected chi connectivity index (χ1v) is 12.1. The molecule has 162 valence electrons. The van der Waals surface area contributed by atoms with E-state index in [1.165, 1.54) is 68.1 Å². The minimum absolute atomic E-state index is 0.737. The van der Waals surface area contributed by atoms with Crippen LogP contribution in [0.3, 0.4) is 0 Å². The van der Waals surface area contributed by atoms with Gasteiger partial charge in [0.15, 0.2) is 0 Å². The molecule has 0 N–H and O–H groups in total. The maximum atomic E-state index is 5.77. The van der Waals surface area contributed by atoms with E-state index in [0.717, 1.165) is 37.9 Å². The van der Waals surface area contributed by atoms with Gasteiger partial charge in [-0.25, -0.2) is 0 Å². The van der Waals surface area contributed by atoms with Crippen molar-refractivity contribution >= 4 is 0 Å². The van der Waals surface area contributed by atoms with Crippen LogP contribution in [0.5, 0.6) is 0 Å². The molecule has 1 heteroatoms. The predicted molar refractivity (Wildman–Crippen MR) is 129 cm³/mol. The van der Waals surface area contributed by atoms with Crippen LogP contribution < -0.4 is 0 Å². The molecule has 1 saturated carbocycles. The second kappa shape index (κ2) is 12.7. The first kappa shape index (κ1) is 22.8. The van der Waals surface area contributed by atoms with Gasteiger partial charge >= 0.3 is 0 Å². The fourth-order valence-electron chi connectivity index (χ4n) is 4.66. The molecule has 0 spiro atoms. The van der Waals surface area contributed by atoms with Crippen LogP contribution in [0.25, 0.3) is 0 Å². The van der Waals surface area contributed by atoms with Crippen molar-refractivity contribution in [3.63, 3.8) is 0 Å². The minimum Gasteiger partial charge on any atom is -0.377 e. The Hall–Kier alpha value is -1.86. The van der Waals surface area contributed by atoms with Gasteiger partial charge in [0.05, 0.1) is 6.61 Å². The number of allylic oxidation sites excluding steroid dienone is 1. The molecule has 0 bridgehead atoms. The molecular weight excluding hydrogens is 364 g/mol. The average Bonchev–Trinajstić information content (AvgIpc) is 2.79. The van der Waals surface area contributed by atoms with Gasteiger partial charge in [-0.3, -0.25) is 0 Å². The van der Waals surface area contributed by atoms with Crippen LogP contribution in [0.2, 0.25) is 0 Å². The summed E-state index contributed by atoms with van der Waals surface area (Å²) in [5.74, 6) is 1.63. The molecule has 2 aromatic carbocycles. The van der Waals surface area contributed by atoms with E-state index in [1.807, 2.05) is 0 Å². The quantitative estimate of drug-likeness (QED) is 0.257. The van der Waals surface area contributed by atoms with Gasteiger partial charge in [-0.15, -0.1) is 6.58 Å². The largest absolute Gasteiger partial charge is 0.377 e. The molecule has 1 aliphatic rings. The molecule has 0 aliphatic heterocycles. The number of ether oxygens (including phenoxy) is 1. The van der Waals surface area contributed by atoms with Crippen molar-refractivity contribution in [2.75, 3.05) is 6.61 Å². The Labute approximate surface area is 184 Å². The van der Waals surface area contributed by atoms with E-state index in [-0.39, 0.29) is 0 Å². The maximum Gasteiger partial charge on any atom is 0.0716 e. The van der Waals surface area contributed by atoms with Gasteiger partial charge in [0.1, 0.15) is 0 Å². The second-order valence-corrected chi connectivity index (χ2v) is 9.06. The normalized spacial score (nSPS) is 19.0. The summed E-state index contributed by atoms with van der Waals surface area (Å²) in [6.45, 7) is 7.74. The maximum absolute atomic E-state index is 5.77. The summed E-state index contributed by atoms with van der Waals surface area (Å²) in [7, 11) is 0. The Kier molecular flexibility index (Phi) is 9.70. The van der Waals surface area contributed by atoms with Crippen molar-refractivity contribution in [1.82, 2.24) is 0 Å². The lowest BCUT2D eigenvalue weighted by molar-refractivity contribution is 0.117. The monoisotopic (exact) mass is 404 g/mol. The van der Waals surface area contributed by atoms with Crippen LogP contribution in [0.15, 0.2) is 61.2 Å². The zero-order valence-corrected chi connectivity index (χ0v) is 19.0. The standard InChI is InChI=1S/C29H40O/c1-3-5-6-22-30-23-27-12-10-25(11-13-27)8-9-26-16-20-29(21-17-26)28-18-14-24(7-4-2)15-19-28/h4,10-13,16-17,20-21,24,28H,2-3,5-9,14-15,18-19,22-23H2,1H3/t24-,28-. The highest BCUT2D eigenvalue weighted by Gasteiger charge is 2.21. The third-order valence-electron chi connectivity index (χ3n) is 6.68. The lowest BCUT2D eigenvalue weighted by Crippen LogP contribution is -2.12. The van der Waals surface area contributed by atoms with Gasteiger partial charge in [0.25, 0.3) is 0 Å². The van der Waals surface area contributed by atoms with Crippen LogP contribution in [0.4, 0.5) is 0 Å². The van der Waals surface area contributed by atoms with Crippen molar-refractivity contribution in [3.05, 3.63) is 83.4 Å². The summed E-state index contributed by atoms with van der Waals surface area (Å²) in [5, 5.41) is 0. The van der Waals surface area contributed by atoms with Crippen molar-refractivity contribution < 1.29 is 4.74 Å². The number of aryl methyl sites for hydroxylation is 2. The SMILES string of the molecule is C=CC[C@H]1CC[C@H](c2ccc(CCc3ccc(COCCCCC)cc3)cc2)CC1. The summed E-state index contributed by atoms with van der Waals surface area (Å²) in [4.78, 5) is 0. The van der Waals surface area contributed by atoms with E-state index in [9.17, 15) is 0 Å². The van der Waals surface area contributed by atoms with Crippen LogP contribution in [0.1, 0.15) is 86.5 Å². The molecule has 0 heterocycles. The first-order valence-electron chi connectivity index (χ1n) is 12.1. The van der Waals surface area contributed by atoms with Gasteiger partial charge in [0, 0.05) is 6.61 Å². The Bertz CT molecular complexity index is 720. The Morgan fingerprint density at radius 2 is 1.43 bits per heavy atom. The zero-order valence-electron chi connectivity index (χ0n) is 19.0. The number of benzene rings is 2. The van der Waals surface area contributed by atoms with E-state index in [2.05, 4.69) is 68.1 Å². The predicted octanol–water partition coefficient (Wildman–Crippen LogP) is 8.03. The van der Waals surface area contributed by atoms with E-state index < -0.39 is 0 Å². The third kappa shape index (κ3) is 7.43. The minimum atomic E-state index is 0.737. The molecular formula is C29H40O. The highest BCUT2D eigenvalue weighted by atomic mass is 16.5. The summed E-state index contributed by atoms with van der Waals surface area (Å²) in [6.07, 6.45) is 14.6. The molecule has 0 atom stereocenters. The molecule has 30 heavy (non-hydrogen) atoms. The third-order valence-corrected chi connectivity index (χ3v) is 6.68. The number of rotatable bonds is 12. The summed E-state index contributed by atoms with van der Waals surface area (Å²) >= 11 is 0. The lowest BCUT2D eigenvalue weighted by Gasteiger charge is -2.28. The van der Waals surface area contributed by atoms with E-state index in [0.29, 0.717) is 0 Å². The molecule has 3 rings (SSSR count). The molecule has 1 nitrogen and oxygen atoms in total. The zero-order chi connectivity index (χ0) is 21.0. The van der Waals surface area contributed by atoms with Gasteiger partial charge in [-0.05, 0) is 85.5 Å². The molecule has 0 saturated heterocycles. The van der Waals surface area contributed by atoms with Gasteiger partial charge in [-0.2, -0.15) is 0 Å². The van der Waals surface area contributed by atoms with Crippen molar-refractivity contribution in [2.45, 2.75) is 83.7 Å². The number of hydrogen-bond donors (Lipinski definition) is 0.